The van der Waals surface area contributed by atoms with Gasteiger partial charge in [-0.3, -0.25) is 4.79 Å². The molecule has 3 aromatic heterocycles. The summed E-state index contributed by atoms with van der Waals surface area (Å²) in [6.07, 6.45) is 9.77. The summed E-state index contributed by atoms with van der Waals surface area (Å²) in [6, 6.07) is 1.54. The smallest absolute Gasteiger partial charge is 0.233 e. The van der Waals surface area contributed by atoms with E-state index in [1.165, 1.54) is 10.6 Å². The molecule has 0 unspecified atom stereocenters. The third-order valence-electron chi connectivity index (χ3n) is 6.85. The zero-order chi connectivity index (χ0) is 25.3. The molecular formula is C23H31N9O3S. The fourth-order valence-corrected chi connectivity index (χ4v) is 6.26. The number of rotatable bonds is 7. The summed E-state index contributed by atoms with van der Waals surface area (Å²) in [7, 11) is -3.67. The maximum absolute atomic E-state index is 13.2. The van der Waals surface area contributed by atoms with Gasteiger partial charge in [-0.1, -0.05) is 0 Å². The second-order valence-electron chi connectivity index (χ2n) is 9.53. The monoisotopic (exact) mass is 513 g/mol. The van der Waals surface area contributed by atoms with Crippen LogP contribution in [0.2, 0.25) is 0 Å². The molecule has 192 valence electrons. The summed E-state index contributed by atoms with van der Waals surface area (Å²) in [4.78, 5) is 35.0. The normalized spacial score (nSPS) is 19.5. The van der Waals surface area contributed by atoms with Gasteiger partial charge in [0.05, 0.1) is 29.8 Å². The molecule has 2 saturated heterocycles. The molecule has 36 heavy (non-hydrogen) atoms. The Hall–Kier alpha value is -3.32. The molecule has 1 amide bonds. The van der Waals surface area contributed by atoms with Crippen LogP contribution in [-0.2, 0) is 14.8 Å². The largest absolute Gasteiger partial charge is 0.370 e. The highest BCUT2D eigenvalue weighted by Gasteiger charge is 2.33. The number of anilines is 2. The van der Waals surface area contributed by atoms with Crippen molar-refractivity contribution in [3.05, 3.63) is 24.7 Å². The number of carbonyl (C=O) groups excluding carboxylic acids is 1. The molecule has 0 spiro atoms. The average Bonchev–Trinajstić information content (AvgIpc) is 3.32. The molecule has 0 saturated carbocycles. The Balaban J connectivity index is 1.56. The quantitative estimate of drug-likeness (QED) is 0.418. The predicted octanol–water partition coefficient (Wildman–Crippen LogP) is 1.02. The van der Waals surface area contributed by atoms with E-state index in [0.717, 1.165) is 32.2 Å². The Labute approximate surface area is 209 Å². The first-order valence-corrected chi connectivity index (χ1v) is 14.1. The molecule has 2 aliphatic heterocycles. The number of nitrogens with zero attached hydrogens (tertiary/aromatic N) is 6. The summed E-state index contributed by atoms with van der Waals surface area (Å²) < 4.78 is 27.7. The van der Waals surface area contributed by atoms with Crippen LogP contribution in [0.15, 0.2) is 24.7 Å². The molecule has 0 aromatic carbocycles. The van der Waals surface area contributed by atoms with Crippen molar-refractivity contribution in [2.45, 2.75) is 38.1 Å². The van der Waals surface area contributed by atoms with Gasteiger partial charge in [-0.15, -0.1) is 0 Å². The van der Waals surface area contributed by atoms with Crippen molar-refractivity contribution in [2.75, 3.05) is 41.6 Å². The number of H-pyrrole nitrogens is 1. The standard InChI is InChI=1S/C23H31N9O3S/c1-36(34,35)32(16-3-2-7-25-12-16)22-17(19-14-27-21-18(29-19)4-8-26-21)13-28-23(30-22)31-9-5-15(6-10-31)11-20(24)33/h4,8,13-16,25H,2-3,5-7,9-12H2,1H3,(H2,24,33)(H,26,27)/t16-/m0/s1. The summed E-state index contributed by atoms with van der Waals surface area (Å²) in [5, 5.41) is 3.31. The minimum Gasteiger partial charge on any atom is -0.370 e. The van der Waals surface area contributed by atoms with Crippen LogP contribution < -0.4 is 20.3 Å². The number of piperidine rings is 2. The van der Waals surface area contributed by atoms with E-state index in [2.05, 4.69) is 25.3 Å². The van der Waals surface area contributed by atoms with Gasteiger partial charge in [0.25, 0.3) is 0 Å². The molecule has 12 nitrogen and oxygen atoms in total. The highest BCUT2D eigenvalue weighted by molar-refractivity contribution is 7.92. The van der Waals surface area contributed by atoms with Crippen LogP contribution in [-0.4, -0.2) is 77.7 Å². The SMILES string of the molecule is CS(=O)(=O)N(c1nc(N2CCC(CC(N)=O)CC2)ncc1-c1cnc2[nH]ccc2n1)[C@H]1CCCNC1. The van der Waals surface area contributed by atoms with Crippen molar-refractivity contribution in [3.63, 3.8) is 0 Å². The zero-order valence-corrected chi connectivity index (χ0v) is 21.0. The van der Waals surface area contributed by atoms with Crippen LogP contribution in [0.5, 0.6) is 0 Å². The average molecular weight is 514 g/mol. The number of aromatic nitrogens is 5. The van der Waals surface area contributed by atoms with Gasteiger partial charge in [-0.2, -0.15) is 4.98 Å². The van der Waals surface area contributed by atoms with E-state index in [4.69, 9.17) is 10.7 Å². The lowest BCUT2D eigenvalue weighted by atomic mass is 9.93. The molecule has 5 heterocycles. The van der Waals surface area contributed by atoms with Crippen molar-refractivity contribution in [1.82, 2.24) is 30.2 Å². The topological polar surface area (TPSA) is 163 Å². The summed E-state index contributed by atoms with van der Waals surface area (Å²) >= 11 is 0. The Kier molecular flexibility index (Phi) is 6.75. The van der Waals surface area contributed by atoms with Crippen molar-refractivity contribution in [1.29, 1.82) is 0 Å². The Bertz CT molecular complexity index is 1350. The molecule has 0 aliphatic carbocycles. The summed E-state index contributed by atoms with van der Waals surface area (Å²) in [5.74, 6) is 0.711. The van der Waals surface area contributed by atoms with E-state index < -0.39 is 10.0 Å². The van der Waals surface area contributed by atoms with Gasteiger partial charge in [0.2, 0.25) is 21.9 Å². The van der Waals surface area contributed by atoms with E-state index in [1.54, 1.807) is 18.6 Å². The van der Waals surface area contributed by atoms with Gasteiger partial charge in [0.15, 0.2) is 11.5 Å². The van der Waals surface area contributed by atoms with Gasteiger partial charge >= 0.3 is 0 Å². The first kappa shape index (κ1) is 24.4. The highest BCUT2D eigenvalue weighted by atomic mass is 32.2. The maximum atomic E-state index is 13.2. The predicted molar refractivity (Wildman–Crippen MR) is 137 cm³/mol. The van der Waals surface area contributed by atoms with E-state index in [-0.39, 0.29) is 17.9 Å². The molecule has 0 bridgehead atoms. The lowest BCUT2D eigenvalue weighted by Gasteiger charge is -2.36. The summed E-state index contributed by atoms with van der Waals surface area (Å²) in [6.45, 7) is 2.71. The Morgan fingerprint density at radius 3 is 2.69 bits per heavy atom. The van der Waals surface area contributed by atoms with Crippen molar-refractivity contribution >= 4 is 38.9 Å². The van der Waals surface area contributed by atoms with Gasteiger partial charge in [-0.05, 0) is 44.2 Å². The van der Waals surface area contributed by atoms with Crippen LogP contribution in [0.3, 0.4) is 0 Å². The molecule has 1 atom stereocenters. The highest BCUT2D eigenvalue weighted by Crippen LogP contribution is 2.34. The minimum absolute atomic E-state index is 0.238. The zero-order valence-electron chi connectivity index (χ0n) is 20.2. The molecular weight excluding hydrogens is 482 g/mol. The number of hydrogen-bond acceptors (Lipinski definition) is 9. The van der Waals surface area contributed by atoms with Crippen LogP contribution in [0, 0.1) is 5.92 Å². The van der Waals surface area contributed by atoms with Crippen LogP contribution in [0.25, 0.3) is 22.4 Å². The fourth-order valence-electron chi connectivity index (χ4n) is 5.08. The van der Waals surface area contributed by atoms with E-state index in [1.807, 2.05) is 11.0 Å². The molecule has 4 N–H and O–H groups in total. The minimum atomic E-state index is -3.67. The number of aromatic amines is 1. The summed E-state index contributed by atoms with van der Waals surface area (Å²) in [5.41, 5.74) is 7.70. The number of nitrogens with two attached hydrogens (primary N) is 1. The number of nitrogens with one attached hydrogen (secondary N) is 2. The molecule has 3 aromatic rings. The second-order valence-corrected chi connectivity index (χ2v) is 11.4. The van der Waals surface area contributed by atoms with Crippen molar-refractivity contribution in [2.24, 2.45) is 11.7 Å². The number of hydrogen-bond donors (Lipinski definition) is 3. The Morgan fingerprint density at radius 2 is 2.00 bits per heavy atom. The third-order valence-corrected chi connectivity index (χ3v) is 8.03. The van der Waals surface area contributed by atoms with Gasteiger partial charge in [0.1, 0.15) is 5.52 Å². The maximum Gasteiger partial charge on any atom is 0.233 e. The van der Waals surface area contributed by atoms with Gasteiger partial charge < -0.3 is 20.9 Å². The van der Waals surface area contributed by atoms with Crippen molar-refractivity contribution < 1.29 is 13.2 Å². The molecule has 5 rings (SSSR count). The molecule has 0 radical (unpaired) electrons. The number of primary amides is 1. The number of amides is 1. The number of fused-ring (bicyclic) bond motifs is 1. The molecule has 2 fully saturated rings. The number of carbonyl (C=O) groups is 1. The first-order chi connectivity index (χ1) is 17.3. The Morgan fingerprint density at radius 1 is 1.19 bits per heavy atom. The third kappa shape index (κ3) is 5.12. The molecule has 13 heteroatoms. The fraction of sp³-hybridized carbons (Fsp3) is 0.522. The van der Waals surface area contributed by atoms with E-state index in [0.29, 0.717) is 60.2 Å². The second kappa shape index (κ2) is 9.97. The van der Waals surface area contributed by atoms with Gasteiger partial charge in [-0.25, -0.2) is 27.7 Å². The lowest BCUT2D eigenvalue weighted by molar-refractivity contribution is -0.119. The van der Waals surface area contributed by atoms with E-state index in [9.17, 15) is 13.2 Å². The molecule has 2 aliphatic rings. The first-order valence-electron chi connectivity index (χ1n) is 12.2. The lowest BCUT2D eigenvalue weighted by Crippen LogP contribution is -2.49. The van der Waals surface area contributed by atoms with Crippen LogP contribution in [0.1, 0.15) is 32.1 Å². The van der Waals surface area contributed by atoms with E-state index >= 15 is 0 Å². The van der Waals surface area contributed by atoms with Crippen LogP contribution in [0.4, 0.5) is 11.8 Å². The van der Waals surface area contributed by atoms with Crippen molar-refractivity contribution in [3.8, 4) is 11.3 Å². The van der Waals surface area contributed by atoms with Crippen LogP contribution >= 0.6 is 0 Å². The number of sulfonamides is 1. The van der Waals surface area contributed by atoms with Gasteiger partial charge in [0, 0.05) is 38.4 Å².